The summed E-state index contributed by atoms with van der Waals surface area (Å²) in [5.41, 5.74) is 6.76. The number of hydrogen-bond acceptors (Lipinski definition) is 4. The molecule has 1 atom stereocenters. The number of benzene rings is 1. The fourth-order valence-electron chi connectivity index (χ4n) is 1.87. The largest absolute Gasteiger partial charge is 0.329 e. The van der Waals surface area contributed by atoms with Gasteiger partial charge >= 0.3 is 0 Å². The van der Waals surface area contributed by atoms with E-state index in [0.29, 0.717) is 17.7 Å². The van der Waals surface area contributed by atoms with E-state index >= 15 is 0 Å². The van der Waals surface area contributed by atoms with Crippen molar-refractivity contribution in [3.8, 4) is 6.07 Å². The van der Waals surface area contributed by atoms with Crippen LogP contribution >= 0.6 is 0 Å². The van der Waals surface area contributed by atoms with Crippen LogP contribution in [0.5, 0.6) is 0 Å². The molecule has 0 saturated carbocycles. The van der Waals surface area contributed by atoms with Crippen molar-refractivity contribution in [1.82, 2.24) is 4.72 Å². The minimum atomic E-state index is -3.41. The highest BCUT2D eigenvalue weighted by atomic mass is 32.2. The first kappa shape index (κ1) is 16.6. The summed E-state index contributed by atoms with van der Waals surface area (Å²) < 4.78 is 26.7. The zero-order valence-corrected chi connectivity index (χ0v) is 12.5. The van der Waals surface area contributed by atoms with Gasteiger partial charge in [0.1, 0.15) is 0 Å². The molecule has 0 aliphatic rings. The molecule has 3 N–H and O–H groups in total. The second kappa shape index (κ2) is 8.00. The van der Waals surface area contributed by atoms with Crippen LogP contribution in [0.2, 0.25) is 0 Å². The predicted molar refractivity (Wildman–Crippen MR) is 79.3 cm³/mol. The average molecular weight is 295 g/mol. The van der Waals surface area contributed by atoms with Crippen LogP contribution in [-0.2, 0) is 15.8 Å². The quantitative estimate of drug-likeness (QED) is 0.759. The van der Waals surface area contributed by atoms with Gasteiger partial charge in [-0.15, -0.1) is 0 Å². The van der Waals surface area contributed by atoms with Gasteiger partial charge in [0.05, 0.1) is 17.4 Å². The third-order valence-electron chi connectivity index (χ3n) is 2.98. The highest BCUT2D eigenvalue weighted by Gasteiger charge is 2.17. The Bertz CT molecular complexity index is 547. The van der Waals surface area contributed by atoms with Crippen LogP contribution in [0.15, 0.2) is 24.3 Å². The number of rotatable bonds is 8. The van der Waals surface area contributed by atoms with Gasteiger partial charge in [-0.25, -0.2) is 13.1 Å². The molecule has 20 heavy (non-hydrogen) atoms. The predicted octanol–water partition coefficient (Wildman–Crippen LogP) is 1.50. The van der Waals surface area contributed by atoms with E-state index in [1.807, 2.05) is 6.07 Å². The van der Waals surface area contributed by atoms with E-state index in [-0.39, 0.29) is 11.8 Å². The van der Waals surface area contributed by atoms with Crippen molar-refractivity contribution in [2.24, 2.45) is 5.73 Å². The van der Waals surface area contributed by atoms with Crippen LogP contribution < -0.4 is 10.5 Å². The Morgan fingerprint density at radius 1 is 1.35 bits per heavy atom. The van der Waals surface area contributed by atoms with Gasteiger partial charge in [-0.05, 0) is 24.1 Å². The molecule has 0 aromatic heterocycles. The zero-order valence-electron chi connectivity index (χ0n) is 11.7. The van der Waals surface area contributed by atoms with Crippen molar-refractivity contribution in [2.75, 3.05) is 6.54 Å². The standard InChI is InChI=1S/C14H21N3O2S/c1-2-3-4-14(10-16)17-20(18,19)11-13-7-5-12(9-15)6-8-13/h5-8,14,17H,2-4,10-11,16H2,1H3. The molecule has 110 valence electrons. The van der Waals surface area contributed by atoms with Crippen molar-refractivity contribution in [3.63, 3.8) is 0 Å². The highest BCUT2D eigenvalue weighted by molar-refractivity contribution is 7.88. The molecule has 0 spiro atoms. The fraction of sp³-hybridized carbons (Fsp3) is 0.500. The maximum absolute atomic E-state index is 12.1. The first-order valence-corrected chi connectivity index (χ1v) is 8.35. The summed E-state index contributed by atoms with van der Waals surface area (Å²) in [6.45, 7) is 2.35. The van der Waals surface area contributed by atoms with Gasteiger partial charge in [-0.3, -0.25) is 0 Å². The molecule has 0 amide bonds. The molecule has 1 unspecified atom stereocenters. The van der Waals surface area contributed by atoms with Crippen LogP contribution in [0.1, 0.15) is 37.3 Å². The summed E-state index contributed by atoms with van der Waals surface area (Å²) >= 11 is 0. The van der Waals surface area contributed by atoms with Gasteiger partial charge in [-0.1, -0.05) is 31.9 Å². The topological polar surface area (TPSA) is 96.0 Å². The third-order valence-corrected chi connectivity index (χ3v) is 4.38. The van der Waals surface area contributed by atoms with E-state index < -0.39 is 10.0 Å². The van der Waals surface area contributed by atoms with Crippen molar-refractivity contribution in [1.29, 1.82) is 5.26 Å². The molecule has 1 aromatic rings. The van der Waals surface area contributed by atoms with Gasteiger partial charge in [0.25, 0.3) is 0 Å². The average Bonchev–Trinajstić information content (AvgIpc) is 2.43. The van der Waals surface area contributed by atoms with E-state index in [1.54, 1.807) is 24.3 Å². The minimum Gasteiger partial charge on any atom is -0.329 e. The molecule has 1 aromatic carbocycles. The summed E-state index contributed by atoms with van der Waals surface area (Å²) in [5, 5.41) is 8.70. The lowest BCUT2D eigenvalue weighted by molar-refractivity contribution is 0.516. The Hall–Kier alpha value is -1.42. The van der Waals surface area contributed by atoms with Crippen LogP contribution in [0.4, 0.5) is 0 Å². The number of nitrogens with zero attached hydrogens (tertiary/aromatic N) is 1. The lowest BCUT2D eigenvalue weighted by atomic mass is 10.1. The summed E-state index contributed by atoms with van der Waals surface area (Å²) in [5.74, 6) is -0.0959. The zero-order chi connectivity index (χ0) is 15.0. The van der Waals surface area contributed by atoms with Crippen molar-refractivity contribution >= 4 is 10.0 Å². The van der Waals surface area contributed by atoms with Gasteiger partial charge in [0, 0.05) is 12.6 Å². The lowest BCUT2D eigenvalue weighted by Gasteiger charge is -2.16. The lowest BCUT2D eigenvalue weighted by Crippen LogP contribution is -2.40. The van der Waals surface area contributed by atoms with Gasteiger partial charge in [0.15, 0.2) is 0 Å². The number of nitriles is 1. The number of sulfonamides is 1. The maximum atomic E-state index is 12.1. The van der Waals surface area contributed by atoms with Crippen molar-refractivity contribution < 1.29 is 8.42 Å². The molecule has 0 bridgehead atoms. The first-order valence-electron chi connectivity index (χ1n) is 6.70. The molecule has 6 heteroatoms. The molecule has 0 aliphatic heterocycles. The summed E-state index contributed by atoms with van der Waals surface area (Å²) in [6, 6.07) is 8.33. The number of nitrogens with two attached hydrogens (primary N) is 1. The second-order valence-corrected chi connectivity index (χ2v) is 6.51. The van der Waals surface area contributed by atoms with Gasteiger partial charge < -0.3 is 5.73 Å². The Balaban J connectivity index is 2.66. The third kappa shape index (κ3) is 5.70. The molecule has 0 heterocycles. The normalized spacial score (nSPS) is 12.8. The van der Waals surface area contributed by atoms with E-state index in [2.05, 4.69) is 11.6 Å². The number of nitrogens with one attached hydrogen (secondary N) is 1. The molecular formula is C14H21N3O2S. The van der Waals surface area contributed by atoms with Crippen LogP contribution in [-0.4, -0.2) is 21.0 Å². The van der Waals surface area contributed by atoms with E-state index in [0.717, 1.165) is 19.3 Å². The van der Waals surface area contributed by atoms with E-state index in [1.165, 1.54) is 0 Å². The monoisotopic (exact) mass is 295 g/mol. The molecule has 0 fully saturated rings. The number of unbranched alkanes of at least 4 members (excludes halogenated alkanes) is 1. The minimum absolute atomic E-state index is 0.0959. The smallest absolute Gasteiger partial charge is 0.216 e. The summed E-state index contributed by atoms with van der Waals surface area (Å²) in [4.78, 5) is 0. The van der Waals surface area contributed by atoms with Crippen molar-refractivity contribution in [2.45, 2.75) is 38.0 Å². The number of hydrogen-bond donors (Lipinski definition) is 2. The fourth-order valence-corrected chi connectivity index (χ4v) is 3.30. The van der Waals surface area contributed by atoms with Crippen LogP contribution in [0, 0.1) is 11.3 Å². The molecule has 0 radical (unpaired) electrons. The van der Waals surface area contributed by atoms with E-state index in [9.17, 15) is 8.42 Å². The molecule has 1 rings (SSSR count). The Labute approximate surface area is 120 Å². The summed E-state index contributed by atoms with van der Waals surface area (Å²) in [6.07, 6.45) is 2.70. The van der Waals surface area contributed by atoms with Crippen LogP contribution in [0.3, 0.4) is 0 Å². The van der Waals surface area contributed by atoms with E-state index in [4.69, 9.17) is 11.0 Å². The SMILES string of the molecule is CCCCC(CN)NS(=O)(=O)Cc1ccc(C#N)cc1. The molecular weight excluding hydrogens is 274 g/mol. The summed E-state index contributed by atoms with van der Waals surface area (Å²) in [7, 11) is -3.41. The first-order chi connectivity index (χ1) is 9.50. The Morgan fingerprint density at radius 2 is 2.00 bits per heavy atom. The highest BCUT2D eigenvalue weighted by Crippen LogP contribution is 2.09. The Morgan fingerprint density at radius 3 is 2.50 bits per heavy atom. The second-order valence-electron chi connectivity index (χ2n) is 4.76. The Kier molecular flexibility index (Phi) is 6.65. The van der Waals surface area contributed by atoms with Gasteiger partial charge in [0.2, 0.25) is 10.0 Å². The van der Waals surface area contributed by atoms with Gasteiger partial charge in [-0.2, -0.15) is 5.26 Å². The van der Waals surface area contributed by atoms with Crippen molar-refractivity contribution in [3.05, 3.63) is 35.4 Å². The molecule has 0 saturated heterocycles. The molecule has 5 nitrogen and oxygen atoms in total. The molecule has 0 aliphatic carbocycles. The maximum Gasteiger partial charge on any atom is 0.216 e. The van der Waals surface area contributed by atoms with Crippen LogP contribution in [0.25, 0.3) is 0 Å².